The first-order chi connectivity index (χ1) is 32.9. The Hall–Kier alpha value is -6.22. The fraction of sp³-hybridized carbons (Fsp3) is 0.509. The molecule has 3 aliphatic carbocycles. The monoisotopic (exact) mass is 924 g/mol. The van der Waals surface area contributed by atoms with Crippen LogP contribution < -0.4 is 10.6 Å². The molecule has 68 heavy (non-hydrogen) atoms. The molecule has 5 aliphatic rings. The number of fused-ring (bicyclic) bond motifs is 7. The SMILES string of the molecule is COC(=O)N[C@H](C(=O)N1[C@@H](C)CC[C@H]1c1nc2cc(-c3ccc(-c4ccc(-c5cnc([C@@H]6C[C@@H]7CCC[C@@H]7N6C(=O)[C@@H](NC(=O)OC)[C@@H](C)OC)[nH]5)cc4)c4c3C3CCC4C3)ccc2[nH]1)C(C)C. The first kappa shape index (κ1) is 45.6. The molecule has 10 rings (SSSR count). The lowest BCUT2D eigenvalue weighted by Crippen LogP contribution is -2.55. The summed E-state index contributed by atoms with van der Waals surface area (Å²) in [5.74, 6) is 2.48. The van der Waals surface area contributed by atoms with Gasteiger partial charge in [0.1, 0.15) is 23.7 Å². The number of carbonyl (C=O) groups is 4. The van der Waals surface area contributed by atoms with Crippen LogP contribution in [0.4, 0.5) is 9.59 Å². The molecule has 0 spiro atoms. The van der Waals surface area contributed by atoms with Gasteiger partial charge in [-0.15, -0.1) is 0 Å². The molecular formula is C53H64N8O7. The summed E-state index contributed by atoms with van der Waals surface area (Å²) in [6.45, 7) is 7.70. The molecule has 10 atom stereocenters. The van der Waals surface area contributed by atoms with E-state index >= 15 is 0 Å². The van der Waals surface area contributed by atoms with Crippen molar-refractivity contribution in [3.63, 3.8) is 0 Å². The van der Waals surface area contributed by atoms with Gasteiger partial charge in [0.25, 0.3) is 0 Å². The average Bonchev–Trinajstić information content (AvgIpc) is 4.22. The number of aromatic amines is 2. The zero-order valence-electron chi connectivity index (χ0n) is 40.1. The Morgan fingerprint density at radius 1 is 0.691 bits per heavy atom. The molecule has 3 aromatic carbocycles. The van der Waals surface area contributed by atoms with Crippen LogP contribution in [0.15, 0.2) is 60.8 Å². The third-order valence-electron chi connectivity index (χ3n) is 16.1. The van der Waals surface area contributed by atoms with Gasteiger partial charge < -0.3 is 44.6 Å². The molecule has 2 saturated carbocycles. The van der Waals surface area contributed by atoms with Crippen molar-refractivity contribution < 1.29 is 33.4 Å². The van der Waals surface area contributed by atoms with Crippen molar-refractivity contribution in [3.05, 3.63) is 83.6 Å². The van der Waals surface area contributed by atoms with Gasteiger partial charge in [0, 0.05) is 19.2 Å². The van der Waals surface area contributed by atoms with Gasteiger partial charge in [-0.2, -0.15) is 0 Å². The quantitative estimate of drug-likeness (QED) is 0.0947. The number of hydrogen-bond donors (Lipinski definition) is 4. The summed E-state index contributed by atoms with van der Waals surface area (Å²) in [5.41, 5.74) is 11.5. The lowest BCUT2D eigenvalue weighted by atomic mass is 9.81. The molecule has 2 aliphatic heterocycles. The summed E-state index contributed by atoms with van der Waals surface area (Å²) in [6, 6.07) is 17.8. The Morgan fingerprint density at radius 3 is 2.01 bits per heavy atom. The van der Waals surface area contributed by atoms with Crippen LogP contribution in [-0.4, -0.2) is 105 Å². The fourth-order valence-corrected chi connectivity index (χ4v) is 12.6. The van der Waals surface area contributed by atoms with Gasteiger partial charge in [-0.25, -0.2) is 19.6 Å². The van der Waals surface area contributed by atoms with E-state index < -0.39 is 30.4 Å². The van der Waals surface area contributed by atoms with Crippen molar-refractivity contribution in [2.45, 2.75) is 140 Å². The van der Waals surface area contributed by atoms with E-state index in [9.17, 15) is 19.2 Å². The number of likely N-dealkylation sites (tertiary alicyclic amines) is 2. The summed E-state index contributed by atoms with van der Waals surface area (Å²) in [5, 5.41) is 5.49. The number of hydrogen-bond acceptors (Lipinski definition) is 9. The van der Waals surface area contributed by atoms with Gasteiger partial charge in [0.05, 0.1) is 55.3 Å². The summed E-state index contributed by atoms with van der Waals surface area (Å²) in [7, 11) is 4.14. The van der Waals surface area contributed by atoms with E-state index in [4.69, 9.17) is 24.2 Å². The Bertz CT molecular complexity index is 2730. The number of carbonyl (C=O) groups excluding carboxylic acids is 4. The number of rotatable bonds is 12. The highest BCUT2D eigenvalue weighted by Crippen LogP contribution is 2.58. The Balaban J connectivity index is 0.901. The van der Waals surface area contributed by atoms with Gasteiger partial charge in [-0.05, 0) is 140 Å². The molecule has 15 nitrogen and oxygen atoms in total. The standard InChI is InChI=1S/C53H64N8O7/c1-27(2)46(58-52(64)67-6)50(62)60-28(3)11-22-42(60)49-55-38-21-18-32(24-39(38)56-49)37-20-19-36(44-34-16-17-35(23-34)45(37)44)30-12-14-31(15-13-30)40-26-54-48(57-40)43-25-33-9-8-10-41(33)61(43)51(63)47(29(4)66-5)59-53(65)68-7/h12-15,18-21,24,26-29,33-35,41-43,46-47H,8-11,16-17,22-23,25H2,1-7H3,(H,54,57)(H,55,56)(H,58,64)(H,59,65)/t28-,29+,33-,34?,35?,41-,42-,43-,46-,47-/m0/s1. The van der Waals surface area contributed by atoms with Gasteiger partial charge >= 0.3 is 12.2 Å². The van der Waals surface area contributed by atoms with Gasteiger partial charge in [-0.1, -0.05) is 62.7 Å². The number of H-pyrrole nitrogens is 2. The Kier molecular flexibility index (Phi) is 12.3. The van der Waals surface area contributed by atoms with Crippen molar-refractivity contribution in [1.29, 1.82) is 0 Å². The van der Waals surface area contributed by atoms with Gasteiger partial charge in [0.2, 0.25) is 11.8 Å². The maximum Gasteiger partial charge on any atom is 0.407 e. The van der Waals surface area contributed by atoms with Crippen LogP contribution in [0.1, 0.15) is 132 Å². The third kappa shape index (κ3) is 7.99. The number of imidazole rings is 2. The highest BCUT2D eigenvalue weighted by molar-refractivity contribution is 5.89. The highest BCUT2D eigenvalue weighted by Gasteiger charge is 2.50. The molecule has 5 aromatic rings. The van der Waals surface area contributed by atoms with Crippen LogP contribution in [0.25, 0.3) is 44.5 Å². The normalized spacial score (nSPS) is 25.1. The topological polar surface area (TPSA) is 184 Å². The maximum atomic E-state index is 14.3. The lowest BCUT2D eigenvalue weighted by molar-refractivity contribution is -0.140. The number of ether oxygens (including phenoxy) is 3. The van der Waals surface area contributed by atoms with E-state index in [1.165, 1.54) is 68.4 Å². The van der Waals surface area contributed by atoms with Crippen LogP contribution in [0.3, 0.4) is 0 Å². The minimum atomic E-state index is -0.893. The summed E-state index contributed by atoms with van der Waals surface area (Å²) in [6.07, 6.45) is 9.06. The largest absolute Gasteiger partial charge is 0.453 e. The molecule has 4 amide bonds. The van der Waals surface area contributed by atoms with Gasteiger partial charge in [0.15, 0.2) is 0 Å². The summed E-state index contributed by atoms with van der Waals surface area (Å²) in [4.78, 5) is 73.9. The Morgan fingerprint density at radius 2 is 1.34 bits per heavy atom. The smallest absolute Gasteiger partial charge is 0.407 e. The second kappa shape index (κ2) is 18.4. The molecule has 4 fully saturated rings. The minimum Gasteiger partial charge on any atom is -0.453 e. The molecule has 0 radical (unpaired) electrons. The van der Waals surface area contributed by atoms with Crippen molar-refractivity contribution in [2.24, 2.45) is 11.8 Å². The van der Waals surface area contributed by atoms with E-state index in [0.717, 1.165) is 78.0 Å². The van der Waals surface area contributed by atoms with E-state index in [1.54, 1.807) is 6.92 Å². The number of aromatic nitrogens is 4. The molecule has 358 valence electrons. The van der Waals surface area contributed by atoms with Crippen molar-refractivity contribution in [2.75, 3.05) is 21.3 Å². The Labute approximate surface area is 397 Å². The zero-order valence-corrected chi connectivity index (χ0v) is 40.1. The maximum absolute atomic E-state index is 14.3. The molecule has 2 saturated heterocycles. The van der Waals surface area contributed by atoms with Crippen LogP contribution in [0.2, 0.25) is 0 Å². The number of amides is 4. The third-order valence-corrected chi connectivity index (χ3v) is 16.1. The van der Waals surface area contributed by atoms with Crippen LogP contribution in [-0.2, 0) is 23.8 Å². The number of benzene rings is 3. The number of nitrogens with one attached hydrogen (secondary N) is 4. The molecule has 4 heterocycles. The minimum absolute atomic E-state index is 0.00129. The molecule has 2 aromatic heterocycles. The van der Waals surface area contributed by atoms with Gasteiger partial charge in [-0.3, -0.25) is 9.59 Å². The van der Waals surface area contributed by atoms with E-state index in [2.05, 4.69) is 82.1 Å². The molecule has 4 N–H and O–H groups in total. The molecule has 2 bridgehead atoms. The van der Waals surface area contributed by atoms with E-state index in [1.807, 2.05) is 29.8 Å². The van der Waals surface area contributed by atoms with Crippen molar-refractivity contribution in [1.82, 2.24) is 40.4 Å². The second-order valence-corrected chi connectivity index (χ2v) is 20.2. The van der Waals surface area contributed by atoms with Crippen LogP contribution >= 0.6 is 0 Å². The summed E-state index contributed by atoms with van der Waals surface area (Å²) < 4.78 is 15.3. The predicted octanol–water partition coefficient (Wildman–Crippen LogP) is 9.29. The van der Waals surface area contributed by atoms with E-state index in [-0.39, 0.29) is 41.9 Å². The molecule has 2 unspecified atom stereocenters. The zero-order chi connectivity index (χ0) is 47.5. The number of methoxy groups -OCH3 is 3. The lowest BCUT2D eigenvalue weighted by Gasteiger charge is -2.34. The number of alkyl carbamates (subject to hydrolysis) is 2. The number of nitrogens with zero attached hydrogens (tertiary/aromatic N) is 4. The second-order valence-electron chi connectivity index (χ2n) is 20.2. The van der Waals surface area contributed by atoms with Crippen LogP contribution in [0, 0.1) is 11.8 Å². The van der Waals surface area contributed by atoms with Crippen molar-refractivity contribution >= 4 is 35.0 Å². The van der Waals surface area contributed by atoms with E-state index in [0.29, 0.717) is 17.8 Å². The molecule has 15 heteroatoms. The van der Waals surface area contributed by atoms with Crippen molar-refractivity contribution in [3.8, 4) is 33.5 Å². The average molecular weight is 925 g/mol. The molecular weight excluding hydrogens is 861 g/mol. The predicted molar refractivity (Wildman–Crippen MR) is 257 cm³/mol. The first-order valence-corrected chi connectivity index (χ1v) is 24.6. The van der Waals surface area contributed by atoms with Crippen LogP contribution in [0.5, 0.6) is 0 Å². The first-order valence-electron chi connectivity index (χ1n) is 24.6. The fourth-order valence-electron chi connectivity index (χ4n) is 12.6. The summed E-state index contributed by atoms with van der Waals surface area (Å²) >= 11 is 0. The highest BCUT2D eigenvalue weighted by atomic mass is 16.5.